The summed E-state index contributed by atoms with van der Waals surface area (Å²) in [6.07, 6.45) is 12.5. The van der Waals surface area contributed by atoms with Crippen molar-refractivity contribution < 1.29 is 19.0 Å². The molecule has 0 aromatic heterocycles. The second-order valence-corrected chi connectivity index (χ2v) is 9.35. The van der Waals surface area contributed by atoms with E-state index in [1.807, 2.05) is 11.8 Å². The van der Waals surface area contributed by atoms with Crippen molar-refractivity contribution in [3.8, 4) is 0 Å². The van der Waals surface area contributed by atoms with Crippen molar-refractivity contribution >= 4 is 5.97 Å². The standard InChI is InChI=1S/C28H35FN2O3/c1-3-21-16-23(29)11-12-25(21)27(28(32)33)31-17-24(18-31)34-14-5-4-7-20-9-10-22-8-6-13-30-26(22)19(2)15-20/h9-12,15-16,24,27,30H,2-8,13-14,17-18H2,1H3,(H,32,33)/t27-/m1/s1. The highest BCUT2D eigenvalue weighted by Gasteiger charge is 2.38. The molecule has 0 radical (unpaired) electrons. The van der Waals surface area contributed by atoms with Gasteiger partial charge in [0.1, 0.15) is 11.9 Å². The first-order valence-corrected chi connectivity index (χ1v) is 12.4. The Morgan fingerprint density at radius 3 is 2.91 bits per heavy atom. The van der Waals surface area contributed by atoms with E-state index >= 15 is 0 Å². The zero-order valence-electron chi connectivity index (χ0n) is 20.0. The second-order valence-electron chi connectivity index (χ2n) is 9.35. The molecule has 6 heteroatoms. The fourth-order valence-electron chi connectivity index (χ4n) is 5.02. The Morgan fingerprint density at radius 2 is 2.15 bits per heavy atom. The Balaban J connectivity index is 1.20. The number of nitrogens with zero attached hydrogens (tertiary/aromatic N) is 1. The number of aryl methyl sites for hydroxylation is 1. The number of carboxylic acid groups (broad SMARTS) is 1. The van der Waals surface area contributed by atoms with Crippen LogP contribution in [0, 0.1) is 5.82 Å². The quantitative estimate of drug-likeness (QED) is 0.471. The fourth-order valence-corrected chi connectivity index (χ4v) is 5.02. The summed E-state index contributed by atoms with van der Waals surface area (Å²) in [6, 6.07) is 3.63. The average molecular weight is 467 g/mol. The van der Waals surface area contributed by atoms with Gasteiger partial charge in [0.15, 0.2) is 0 Å². The van der Waals surface area contributed by atoms with Crippen LogP contribution in [0.2, 0.25) is 0 Å². The topological polar surface area (TPSA) is 61.8 Å². The molecule has 34 heavy (non-hydrogen) atoms. The van der Waals surface area contributed by atoms with Crippen molar-refractivity contribution in [2.75, 3.05) is 26.2 Å². The number of rotatable bonds is 10. The van der Waals surface area contributed by atoms with E-state index in [0.29, 0.717) is 31.7 Å². The van der Waals surface area contributed by atoms with Crippen LogP contribution < -0.4 is 5.32 Å². The molecule has 182 valence electrons. The SMILES string of the molecule is C=C1C=C(CCCCOC2CN([C@@H](C(=O)O)c3ccc(F)cc3CC)C2)C=CC2=C1NCCC2. The van der Waals surface area contributed by atoms with Crippen LogP contribution in [0.1, 0.15) is 56.2 Å². The number of carbonyl (C=O) groups is 1. The first kappa shape index (κ1) is 24.4. The largest absolute Gasteiger partial charge is 0.480 e. The monoisotopic (exact) mass is 466 g/mol. The van der Waals surface area contributed by atoms with Gasteiger partial charge in [0.2, 0.25) is 0 Å². The molecule has 1 aromatic carbocycles. The molecule has 1 saturated heterocycles. The molecule has 0 spiro atoms. The lowest BCUT2D eigenvalue weighted by Gasteiger charge is -2.42. The van der Waals surface area contributed by atoms with Crippen LogP contribution in [-0.4, -0.2) is 48.3 Å². The average Bonchev–Trinajstić information content (AvgIpc) is 2.96. The molecule has 3 aliphatic rings. The highest BCUT2D eigenvalue weighted by Crippen LogP contribution is 2.31. The number of carboxylic acids is 1. The van der Waals surface area contributed by atoms with E-state index in [1.54, 1.807) is 6.07 Å². The molecular formula is C28H35FN2O3. The van der Waals surface area contributed by atoms with Crippen molar-refractivity contribution in [1.82, 2.24) is 10.2 Å². The van der Waals surface area contributed by atoms with Crippen molar-refractivity contribution in [2.24, 2.45) is 0 Å². The lowest BCUT2D eigenvalue weighted by Crippen LogP contribution is -2.55. The minimum atomic E-state index is -0.905. The van der Waals surface area contributed by atoms with E-state index in [-0.39, 0.29) is 11.9 Å². The molecule has 0 bridgehead atoms. The van der Waals surface area contributed by atoms with Gasteiger partial charge in [0.05, 0.1) is 6.10 Å². The number of allylic oxidation sites excluding steroid dienone is 5. The van der Waals surface area contributed by atoms with Crippen LogP contribution in [0.5, 0.6) is 0 Å². The Hall–Kier alpha value is -2.70. The number of aliphatic carboxylic acids is 1. The van der Waals surface area contributed by atoms with Crippen LogP contribution in [0.3, 0.4) is 0 Å². The van der Waals surface area contributed by atoms with Gasteiger partial charge in [-0.3, -0.25) is 9.69 Å². The minimum Gasteiger partial charge on any atom is -0.480 e. The third-order valence-corrected chi connectivity index (χ3v) is 6.89. The Bertz CT molecular complexity index is 1020. The van der Waals surface area contributed by atoms with Crippen LogP contribution in [-0.2, 0) is 16.0 Å². The molecule has 1 fully saturated rings. The van der Waals surface area contributed by atoms with Crippen molar-refractivity contribution in [2.45, 2.75) is 57.6 Å². The molecule has 2 N–H and O–H groups in total. The van der Waals surface area contributed by atoms with Crippen molar-refractivity contribution in [1.29, 1.82) is 0 Å². The number of hydrogen-bond acceptors (Lipinski definition) is 4. The van der Waals surface area contributed by atoms with E-state index in [1.165, 1.54) is 35.4 Å². The van der Waals surface area contributed by atoms with E-state index in [2.05, 4.69) is 30.1 Å². The van der Waals surface area contributed by atoms with Gasteiger partial charge in [-0.05, 0) is 78.5 Å². The molecular weight excluding hydrogens is 431 g/mol. The minimum absolute atomic E-state index is 0.0474. The maximum atomic E-state index is 13.6. The number of nitrogens with one attached hydrogen (secondary N) is 1. The summed E-state index contributed by atoms with van der Waals surface area (Å²) in [7, 11) is 0. The lowest BCUT2D eigenvalue weighted by molar-refractivity contribution is -0.151. The van der Waals surface area contributed by atoms with E-state index in [0.717, 1.165) is 43.4 Å². The number of benzene rings is 1. The molecule has 0 amide bonds. The smallest absolute Gasteiger partial charge is 0.325 e. The van der Waals surface area contributed by atoms with Crippen LogP contribution in [0.25, 0.3) is 0 Å². The molecule has 2 aliphatic heterocycles. The number of unbranched alkanes of at least 4 members (excludes halogenated alkanes) is 1. The molecule has 2 heterocycles. The number of hydrogen-bond donors (Lipinski definition) is 2. The summed E-state index contributed by atoms with van der Waals surface area (Å²) < 4.78 is 19.6. The lowest BCUT2D eigenvalue weighted by atomic mass is 9.94. The van der Waals surface area contributed by atoms with Crippen LogP contribution in [0.4, 0.5) is 4.39 Å². The summed E-state index contributed by atoms with van der Waals surface area (Å²) in [5.41, 5.74) is 6.33. The molecule has 4 rings (SSSR count). The third-order valence-electron chi connectivity index (χ3n) is 6.89. The molecule has 1 atom stereocenters. The summed E-state index contributed by atoms with van der Waals surface area (Å²) >= 11 is 0. The van der Waals surface area contributed by atoms with Gasteiger partial charge in [-0.15, -0.1) is 0 Å². The van der Waals surface area contributed by atoms with Gasteiger partial charge in [-0.25, -0.2) is 4.39 Å². The molecule has 0 unspecified atom stereocenters. The fraction of sp³-hybridized carbons (Fsp3) is 0.464. The number of halogens is 1. The molecule has 1 aromatic rings. The zero-order chi connectivity index (χ0) is 24.1. The number of likely N-dealkylation sites (tertiary alicyclic amines) is 1. The summed E-state index contributed by atoms with van der Waals surface area (Å²) in [5, 5.41) is 13.3. The summed E-state index contributed by atoms with van der Waals surface area (Å²) in [5.74, 6) is -1.24. The van der Waals surface area contributed by atoms with Crippen LogP contribution in [0.15, 0.2) is 65.4 Å². The van der Waals surface area contributed by atoms with Gasteiger partial charge in [-0.1, -0.05) is 37.8 Å². The Kier molecular flexibility index (Phi) is 8.01. The molecule has 5 nitrogen and oxygen atoms in total. The Morgan fingerprint density at radius 1 is 1.32 bits per heavy atom. The maximum absolute atomic E-state index is 13.6. The van der Waals surface area contributed by atoms with Gasteiger partial charge in [-0.2, -0.15) is 0 Å². The zero-order valence-corrected chi connectivity index (χ0v) is 20.0. The molecule has 0 saturated carbocycles. The summed E-state index contributed by atoms with van der Waals surface area (Å²) in [6.45, 7) is 8.99. The van der Waals surface area contributed by atoms with Crippen molar-refractivity contribution in [3.63, 3.8) is 0 Å². The highest BCUT2D eigenvalue weighted by atomic mass is 19.1. The second kappa shape index (κ2) is 11.2. The normalized spacial score (nSPS) is 19.7. The first-order valence-electron chi connectivity index (χ1n) is 12.4. The highest BCUT2D eigenvalue weighted by molar-refractivity contribution is 5.76. The van der Waals surface area contributed by atoms with E-state index in [4.69, 9.17) is 4.74 Å². The van der Waals surface area contributed by atoms with Gasteiger partial charge in [0, 0.05) is 31.9 Å². The van der Waals surface area contributed by atoms with Crippen LogP contribution >= 0.6 is 0 Å². The Labute approximate surface area is 201 Å². The molecule has 1 aliphatic carbocycles. The van der Waals surface area contributed by atoms with Gasteiger partial charge >= 0.3 is 5.97 Å². The van der Waals surface area contributed by atoms with Crippen molar-refractivity contribution in [3.05, 3.63) is 82.4 Å². The van der Waals surface area contributed by atoms with Gasteiger partial charge < -0.3 is 15.2 Å². The predicted molar refractivity (Wildman–Crippen MR) is 132 cm³/mol. The summed E-state index contributed by atoms with van der Waals surface area (Å²) in [4.78, 5) is 13.9. The third kappa shape index (κ3) is 5.68. The van der Waals surface area contributed by atoms with Gasteiger partial charge in [0.25, 0.3) is 0 Å². The van der Waals surface area contributed by atoms with E-state index < -0.39 is 12.0 Å². The predicted octanol–water partition coefficient (Wildman–Crippen LogP) is 5.07. The maximum Gasteiger partial charge on any atom is 0.325 e. The van der Waals surface area contributed by atoms with E-state index in [9.17, 15) is 14.3 Å². The number of ether oxygens (including phenoxy) is 1. The first-order chi connectivity index (χ1) is 16.5.